The lowest BCUT2D eigenvalue weighted by Crippen LogP contribution is -2.29. The predicted molar refractivity (Wildman–Crippen MR) is 120 cm³/mol. The topological polar surface area (TPSA) is 71.3 Å². The number of aryl methyl sites for hydroxylation is 2. The van der Waals surface area contributed by atoms with Crippen molar-refractivity contribution in [1.82, 2.24) is 20.4 Å². The van der Waals surface area contributed by atoms with E-state index in [-0.39, 0.29) is 5.91 Å². The van der Waals surface area contributed by atoms with E-state index < -0.39 is 0 Å². The fourth-order valence-electron chi connectivity index (χ4n) is 3.82. The Morgan fingerprint density at radius 1 is 1.00 bits per heavy atom. The first-order chi connectivity index (χ1) is 15.2. The Hall–Kier alpha value is -2.99. The van der Waals surface area contributed by atoms with Gasteiger partial charge in [0.1, 0.15) is 0 Å². The van der Waals surface area contributed by atoms with Gasteiger partial charge in [-0.1, -0.05) is 65.7 Å². The van der Waals surface area contributed by atoms with Gasteiger partial charge in [0, 0.05) is 31.5 Å². The SMILES string of the molecule is Cc1ccc(-c2noc(CCC(=O)NCc3ccc(CN4CCCCC4)cc3)n2)cc1. The van der Waals surface area contributed by atoms with Gasteiger partial charge in [0.05, 0.1) is 0 Å². The number of piperidine rings is 1. The minimum atomic E-state index is -0.0209. The molecule has 0 radical (unpaired) electrons. The van der Waals surface area contributed by atoms with Crippen LogP contribution in [0.4, 0.5) is 0 Å². The van der Waals surface area contributed by atoms with Crippen molar-refractivity contribution in [3.05, 3.63) is 71.1 Å². The number of aromatic nitrogens is 2. The number of carbonyl (C=O) groups excluding carboxylic acids is 1. The van der Waals surface area contributed by atoms with Crippen LogP contribution in [0.3, 0.4) is 0 Å². The average molecular weight is 419 g/mol. The molecule has 162 valence electrons. The second kappa shape index (κ2) is 10.4. The van der Waals surface area contributed by atoms with E-state index in [9.17, 15) is 4.79 Å². The molecule has 0 unspecified atom stereocenters. The van der Waals surface area contributed by atoms with E-state index in [2.05, 4.69) is 44.6 Å². The number of likely N-dealkylation sites (tertiary alicyclic amines) is 1. The summed E-state index contributed by atoms with van der Waals surface area (Å²) in [5, 5.41) is 6.99. The maximum Gasteiger partial charge on any atom is 0.227 e. The molecule has 0 aliphatic carbocycles. The molecule has 1 fully saturated rings. The van der Waals surface area contributed by atoms with Gasteiger partial charge >= 0.3 is 0 Å². The zero-order valence-electron chi connectivity index (χ0n) is 18.1. The molecule has 3 aromatic rings. The summed E-state index contributed by atoms with van der Waals surface area (Å²) in [6, 6.07) is 16.5. The van der Waals surface area contributed by atoms with Crippen molar-refractivity contribution in [1.29, 1.82) is 0 Å². The Kier molecular flexibility index (Phi) is 7.10. The van der Waals surface area contributed by atoms with Gasteiger partial charge < -0.3 is 9.84 Å². The van der Waals surface area contributed by atoms with Gasteiger partial charge in [-0.05, 0) is 44.0 Å². The van der Waals surface area contributed by atoms with Crippen LogP contribution in [0.15, 0.2) is 53.1 Å². The van der Waals surface area contributed by atoms with Crippen molar-refractivity contribution >= 4 is 5.91 Å². The van der Waals surface area contributed by atoms with Crippen molar-refractivity contribution in [3.63, 3.8) is 0 Å². The maximum atomic E-state index is 12.2. The maximum absolute atomic E-state index is 12.2. The molecule has 1 aromatic heterocycles. The molecule has 1 aliphatic heterocycles. The lowest BCUT2D eigenvalue weighted by atomic mass is 10.1. The van der Waals surface area contributed by atoms with Crippen LogP contribution in [0.1, 0.15) is 48.3 Å². The first-order valence-corrected chi connectivity index (χ1v) is 11.1. The van der Waals surface area contributed by atoms with E-state index in [0.29, 0.717) is 31.1 Å². The highest BCUT2D eigenvalue weighted by Crippen LogP contribution is 2.17. The molecule has 2 heterocycles. The van der Waals surface area contributed by atoms with Crippen LogP contribution in [-0.2, 0) is 24.3 Å². The first-order valence-electron chi connectivity index (χ1n) is 11.1. The van der Waals surface area contributed by atoms with Gasteiger partial charge in [-0.3, -0.25) is 9.69 Å². The Balaban J connectivity index is 1.20. The third-order valence-corrected chi connectivity index (χ3v) is 5.71. The van der Waals surface area contributed by atoms with E-state index in [1.165, 1.54) is 43.5 Å². The lowest BCUT2D eigenvalue weighted by Gasteiger charge is -2.26. The van der Waals surface area contributed by atoms with Crippen molar-refractivity contribution in [2.75, 3.05) is 13.1 Å². The van der Waals surface area contributed by atoms with Crippen molar-refractivity contribution in [3.8, 4) is 11.4 Å². The summed E-state index contributed by atoms with van der Waals surface area (Å²) in [6.07, 6.45) is 4.72. The Labute approximate surface area is 183 Å². The highest BCUT2D eigenvalue weighted by molar-refractivity contribution is 5.76. The second-order valence-electron chi connectivity index (χ2n) is 8.31. The standard InChI is InChI=1S/C25H30N4O2/c1-19-5-11-22(12-6-19)25-27-24(31-28-25)14-13-23(30)26-17-20-7-9-21(10-8-20)18-29-15-3-2-4-16-29/h5-12H,2-4,13-18H2,1H3,(H,26,30). The summed E-state index contributed by atoms with van der Waals surface area (Å²) in [6.45, 7) is 5.98. The number of hydrogen-bond donors (Lipinski definition) is 1. The van der Waals surface area contributed by atoms with Crippen LogP contribution in [0, 0.1) is 6.92 Å². The molecule has 2 aromatic carbocycles. The van der Waals surface area contributed by atoms with Crippen molar-refractivity contribution in [2.45, 2.75) is 52.1 Å². The molecule has 0 bridgehead atoms. The highest BCUT2D eigenvalue weighted by atomic mass is 16.5. The predicted octanol–water partition coefficient (Wildman–Crippen LogP) is 4.28. The van der Waals surface area contributed by atoms with Crippen LogP contribution in [0.2, 0.25) is 0 Å². The Morgan fingerprint density at radius 3 is 2.45 bits per heavy atom. The minimum Gasteiger partial charge on any atom is -0.352 e. The summed E-state index contributed by atoms with van der Waals surface area (Å²) in [4.78, 5) is 19.1. The summed E-state index contributed by atoms with van der Waals surface area (Å²) in [5.74, 6) is 1.01. The van der Waals surface area contributed by atoms with Gasteiger partial charge in [0.2, 0.25) is 17.6 Å². The summed E-state index contributed by atoms with van der Waals surface area (Å²) in [5.41, 5.74) is 4.53. The number of benzene rings is 2. The molecule has 31 heavy (non-hydrogen) atoms. The molecule has 1 aliphatic rings. The number of carbonyl (C=O) groups is 1. The van der Waals surface area contributed by atoms with E-state index in [1.54, 1.807) is 0 Å². The third-order valence-electron chi connectivity index (χ3n) is 5.71. The smallest absolute Gasteiger partial charge is 0.227 e. The minimum absolute atomic E-state index is 0.0209. The molecular formula is C25H30N4O2. The fourth-order valence-corrected chi connectivity index (χ4v) is 3.82. The monoisotopic (exact) mass is 418 g/mol. The molecule has 0 atom stereocenters. The molecular weight excluding hydrogens is 388 g/mol. The molecule has 6 heteroatoms. The zero-order valence-corrected chi connectivity index (χ0v) is 18.1. The van der Waals surface area contributed by atoms with E-state index in [1.807, 2.05) is 31.2 Å². The van der Waals surface area contributed by atoms with E-state index in [4.69, 9.17) is 4.52 Å². The zero-order chi connectivity index (χ0) is 21.5. The van der Waals surface area contributed by atoms with E-state index >= 15 is 0 Å². The number of amides is 1. The second-order valence-corrected chi connectivity index (χ2v) is 8.31. The molecule has 1 saturated heterocycles. The number of nitrogens with one attached hydrogen (secondary N) is 1. The fraction of sp³-hybridized carbons (Fsp3) is 0.400. The van der Waals surface area contributed by atoms with Crippen LogP contribution in [-0.4, -0.2) is 34.0 Å². The molecule has 4 rings (SSSR count). The van der Waals surface area contributed by atoms with Gasteiger partial charge in [-0.2, -0.15) is 4.98 Å². The summed E-state index contributed by atoms with van der Waals surface area (Å²) >= 11 is 0. The highest BCUT2D eigenvalue weighted by Gasteiger charge is 2.12. The molecule has 1 N–H and O–H groups in total. The first kappa shape index (κ1) is 21.2. The van der Waals surface area contributed by atoms with Crippen molar-refractivity contribution in [2.24, 2.45) is 0 Å². The number of rotatable bonds is 8. The van der Waals surface area contributed by atoms with Crippen LogP contribution in [0.25, 0.3) is 11.4 Å². The number of hydrogen-bond acceptors (Lipinski definition) is 5. The van der Waals surface area contributed by atoms with Crippen LogP contribution < -0.4 is 5.32 Å². The van der Waals surface area contributed by atoms with E-state index in [0.717, 1.165) is 17.7 Å². The molecule has 1 amide bonds. The summed E-state index contributed by atoms with van der Waals surface area (Å²) < 4.78 is 5.29. The quantitative estimate of drug-likeness (QED) is 0.591. The van der Waals surface area contributed by atoms with Gasteiger partial charge in [-0.15, -0.1) is 0 Å². The Bertz CT molecular complexity index is 974. The van der Waals surface area contributed by atoms with Gasteiger partial charge in [0.25, 0.3) is 0 Å². The molecule has 0 spiro atoms. The number of nitrogens with zero attached hydrogens (tertiary/aromatic N) is 3. The summed E-state index contributed by atoms with van der Waals surface area (Å²) in [7, 11) is 0. The third kappa shape index (κ3) is 6.25. The molecule has 0 saturated carbocycles. The normalized spacial score (nSPS) is 14.5. The van der Waals surface area contributed by atoms with Crippen molar-refractivity contribution < 1.29 is 9.32 Å². The van der Waals surface area contributed by atoms with Gasteiger partial charge in [-0.25, -0.2) is 0 Å². The van der Waals surface area contributed by atoms with Crippen LogP contribution >= 0.6 is 0 Å². The molecule has 6 nitrogen and oxygen atoms in total. The average Bonchev–Trinajstić information content (AvgIpc) is 3.27. The van der Waals surface area contributed by atoms with Gasteiger partial charge in [0.15, 0.2) is 0 Å². The Morgan fingerprint density at radius 2 is 1.71 bits per heavy atom. The van der Waals surface area contributed by atoms with Crippen LogP contribution in [0.5, 0.6) is 0 Å². The largest absolute Gasteiger partial charge is 0.352 e. The lowest BCUT2D eigenvalue weighted by molar-refractivity contribution is -0.121.